The molecule has 0 fully saturated rings. The molecular weight excluding hydrogens is 366 g/mol. The van der Waals surface area contributed by atoms with Crippen molar-refractivity contribution in [1.29, 1.82) is 0 Å². The maximum absolute atomic E-state index is 13.3. The minimum Gasteiger partial charge on any atom is -0.478 e. The van der Waals surface area contributed by atoms with Crippen LogP contribution in [0.2, 0.25) is 0 Å². The lowest BCUT2D eigenvalue weighted by atomic mass is 10.2. The summed E-state index contributed by atoms with van der Waals surface area (Å²) in [6, 6.07) is 3.23. The molecule has 0 aromatic heterocycles. The van der Waals surface area contributed by atoms with E-state index in [2.05, 4.69) is 15.9 Å². The van der Waals surface area contributed by atoms with Gasteiger partial charge in [0, 0.05) is 9.65 Å². The Labute approximate surface area is 102 Å². The number of aliphatic carboxylic acids is 1. The van der Waals surface area contributed by atoms with Crippen LogP contribution in [-0.2, 0) is 4.79 Å². The number of rotatable bonds is 2. The fraction of sp³-hybridized carbons (Fsp3) is 0. The van der Waals surface area contributed by atoms with E-state index in [-0.39, 0.29) is 10.3 Å². The van der Waals surface area contributed by atoms with Gasteiger partial charge >= 0.3 is 5.97 Å². The summed E-state index contributed by atoms with van der Waals surface area (Å²) in [5.41, 5.74) is 0.505. The third-order valence-corrected chi connectivity index (χ3v) is 3.11. The van der Waals surface area contributed by atoms with Gasteiger partial charge in [-0.25, -0.2) is 9.18 Å². The Kier molecular flexibility index (Phi) is 4.06. The number of carboxylic acid groups (broad SMARTS) is 1. The SMILES string of the molecule is O=C(O)/C=C/c1ccc(I)c(F)c1Br. The first-order valence-corrected chi connectivity index (χ1v) is 5.44. The van der Waals surface area contributed by atoms with Crippen molar-refractivity contribution in [3.63, 3.8) is 0 Å². The number of halogens is 3. The van der Waals surface area contributed by atoms with Gasteiger partial charge in [0.2, 0.25) is 0 Å². The van der Waals surface area contributed by atoms with Crippen molar-refractivity contribution in [2.45, 2.75) is 0 Å². The van der Waals surface area contributed by atoms with Crippen LogP contribution in [0.15, 0.2) is 22.7 Å². The van der Waals surface area contributed by atoms with E-state index in [1.807, 2.05) is 22.6 Å². The maximum Gasteiger partial charge on any atom is 0.328 e. The summed E-state index contributed by atoms with van der Waals surface area (Å²) in [4.78, 5) is 10.2. The van der Waals surface area contributed by atoms with Crippen LogP contribution in [0.3, 0.4) is 0 Å². The van der Waals surface area contributed by atoms with Gasteiger partial charge in [0.15, 0.2) is 5.82 Å². The van der Waals surface area contributed by atoms with Crippen molar-refractivity contribution in [1.82, 2.24) is 0 Å². The Bertz CT molecular complexity index is 404. The molecule has 1 rings (SSSR count). The van der Waals surface area contributed by atoms with Gasteiger partial charge in [-0.3, -0.25) is 0 Å². The molecule has 0 bridgehead atoms. The van der Waals surface area contributed by atoms with Gasteiger partial charge < -0.3 is 5.11 Å². The van der Waals surface area contributed by atoms with E-state index in [4.69, 9.17) is 5.11 Å². The number of hydrogen-bond acceptors (Lipinski definition) is 1. The normalized spacial score (nSPS) is 10.8. The Morgan fingerprint density at radius 1 is 1.57 bits per heavy atom. The third kappa shape index (κ3) is 2.78. The van der Waals surface area contributed by atoms with Crippen LogP contribution in [0.1, 0.15) is 5.56 Å². The smallest absolute Gasteiger partial charge is 0.328 e. The van der Waals surface area contributed by atoms with Crippen molar-refractivity contribution in [2.75, 3.05) is 0 Å². The fourth-order valence-electron chi connectivity index (χ4n) is 0.831. The molecule has 0 atom stereocenters. The zero-order valence-electron chi connectivity index (χ0n) is 6.80. The fourth-order valence-corrected chi connectivity index (χ4v) is 2.13. The van der Waals surface area contributed by atoms with Gasteiger partial charge in [0.05, 0.1) is 4.47 Å². The van der Waals surface area contributed by atoms with E-state index in [1.165, 1.54) is 6.08 Å². The van der Waals surface area contributed by atoms with E-state index in [9.17, 15) is 9.18 Å². The first-order valence-electron chi connectivity index (χ1n) is 3.57. The van der Waals surface area contributed by atoms with Gasteiger partial charge in [0.25, 0.3) is 0 Å². The van der Waals surface area contributed by atoms with Gasteiger partial charge in [-0.05, 0) is 56.2 Å². The van der Waals surface area contributed by atoms with Crippen LogP contribution in [0.4, 0.5) is 4.39 Å². The molecule has 0 aliphatic heterocycles. The third-order valence-electron chi connectivity index (χ3n) is 1.47. The van der Waals surface area contributed by atoms with Crippen molar-refractivity contribution < 1.29 is 14.3 Å². The molecule has 0 radical (unpaired) electrons. The van der Waals surface area contributed by atoms with E-state index in [0.717, 1.165) is 6.08 Å². The van der Waals surface area contributed by atoms with Gasteiger partial charge in [-0.1, -0.05) is 6.07 Å². The van der Waals surface area contributed by atoms with Crippen molar-refractivity contribution in [2.24, 2.45) is 0 Å². The second-order valence-corrected chi connectivity index (χ2v) is 4.39. The molecule has 0 amide bonds. The maximum atomic E-state index is 13.3. The van der Waals surface area contributed by atoms with Crippen molar-refractivity contribution in [3.8, 4) is 0 Å². The Balaban J connectivity index is 3.12. The average Bonchev–Trinajstić information content (AvgIpc) is 2.13. The van der Waals surface area contributed by atoms with Crippen LogP contribution in [0.25, 0.3) is 6.08 Å². The van der Waals surface area contributed by atoms with E-state index in [1.54, 1.807) is 12.1 Å². The second kappa shape index (κ2) is 4.88. The molecule has 5 heteroatoms. The Morgan fingerprint density at radius 2 is 2.21 bits per heavy atom. The first kappa shape index (κ1) is 11.6. The van der Waals surface area contributed by atoms with Gasteiger partial charge in [-0.15, -0.1) is 0 Å². The second-order valence-electron chi connectivity index (χ2n) is 2.44. The summed E-state index contributed by atoms with van der Waals surface area (Å²) in [6.45, 7) is 0. The minimum atomic E-state index is -1.06. The highest BCUT2D eigenvalue weighted by Gasteiger charge is 2.07. The van der Waals surface area contributed by atoms with Crippen LogP contribution in [0.5, 0.6) is 0 Å². The number of hydrogen-bond donors (Lipinski definition) is 1. The molecule has 2 nitrogen and oxygen atoms in total. The van der Waals surface area contributed by atoms with E-state index in [0.29, 0.717) is 9.13 Å². The summed E-state index contributed by atoms with van der Waals surface area (Å²) in [6.07, 6.45) is 2.30. The predicted molar refractivity (Wildman–Crippen MR) is 63.5 cm³/mol. The molecule has 0 heterocycles. The summed E-state index contributed by atoms with van der Waals surface area (Å²) >= 11 is 4.92. The highest BCUT2D eigenvalue weighted by Crippen LogP contribution is 2.25. The van der Waals surface area contributed by atoms with Crippen LogP contribution < -0.4 is 0 Å². The molecule has 0 saturated carbocycles. The largest absolute Gasteiger partial charge is 0.478 e. The molecule has 0 spiro atoms. The predicted octanol–water partition coefficient (Wildman–Crippen LogP) is 3.29. The lowest BCUT2D eigenvalue weighted by molar-refractivity contribution is -0.131. The monoisotopic (exact) mass is 370 g/mol. The molecule has 1 aromatic carbocycles. The number of carbonyl (C=O) groups is 1. The zero-order valence-corrected chi connectivity index (χ0v) is 10.5. The molecule has 0 saturated heterocycles. The number of carboxylic acids is 1. The van der Waals surface area contributed by atoms with Crippen LogP contribution in [-0.4, -0.2) is 11.1 Å². The molecule has 0 aliphatic carbocycles. The van der Waals surface area contributed by atoms with Gasteiger partial charge in [-0.2, -0.15) is 0 Å². The molecule has 14 heavy (non-hydrogen) atoms. The van der Waals surface area contributed by atoms with Crippen LogP contribution >= 0.6 is 38.5 Å². The summed E-state index contributed by atoms with van der Waals surface area (Å²) in [5.74, 6) is -1.44. The Morgan fingerprint density at radius 3 is 2.79 bits per heavy atom. The topological polar surface area (TPSA) is 37.3 Å². The standard InChI is InChI=1S/C9H5BrFIO2/c10-8-5(2-4-7(13)14)1-3-6(12)9(8)11/h1-4H,(H,13,14)/b4-2+. The van der Waals surface area contributed by atoms with Gasteiger partial charge in [0.1, 0.15) is 0 Å². The molecule has 0 unspecified atom stereocenters. The molecule has 1 aromatic rings. The lowest BCUT2D eigenvalue weighted by Crippen LogP contribution is -1.89. The number of benzene rings is 1. The molecular formula is C9H5BrFIO2. The highest BCUT2D eigenvalue weighted by molar-refractivity contribution is 14.1. The summed E-state index contributed by atoms with van der Waals surface area (Å²) in [5, 5.41) is 8.39. The van der Waals surface area contributed by atoms with Crippen molar-refractivity contribution >= 4 is 50.6 Å². The molecule has 74 valence electrons. The first-order chi connectivity index (χ1) is 6.52. The summed E-state index contributed by atoms with van der Waals surface area (Å²) < 4.78 is 14.0. The quantitative estimate of drug-likeness (QED) is 0.492. The Hall–Kier alpha value is -0.430. The highest BCUT2D eigenvalue weighted by atomic mass is 127. The minimum absolute atomic E-state index is 0.280. The van der Waals surface area contributed by atoms with Crippen LogP contribution in [0, 0.1) is 9.39 Å². The van der Waals surface area contributed by atoms with E-state index < -0.39 is 5.97 Å². The van der Waals surface area contributed by atoms with E-state index >= 15 is 0 Å². The van der Waals surface area contributed by atoms with Crippen molar-refractivity contribution in [3.05, 3.63) is 37.6 Å². The zero-order chi connectivity index (χ0) is 10.7. The average molecular weight is 371 g/mol. The molecule has 1 N–H and O–H groups in total. The summed E-state index contributed by atoms with van der Waals surface area (Å²) in [7, 11) is 0. The lowest BCUT2D eigenvalue weighted by Gasteiger charge is -2.01. The molecule has 0 aliphatic rings.